The number of rotatable bonds is 10. The Morgan fingerprint density at radius 3 is 2.35 bits per heavy atom. The zero-order valence-electron chi connectivity index (χ0n) is 21.9. The highest BCUT2D eigenvalue weighted by atomic mass is 79.9. The molecule has 0 aliphatic heterocycles. The molecule has 0 unspecified atom stereocenters. The second-order valence-electron chi connectivity index (χ2n) is 9.72. The van der Waals surface area contributed by atoms with Crippen molar-refractivity contribution in [2.24, 2.45) is 0 Å². The predicted molar refractivity (Wildman–Crippen MR) is 162 cm³/mol. The maximum Gasteiger partial charge on any atom is 0.264 e. The molecule has 1 fully saturated rings. The van der Waals surface area contributed by atoms with E-state index in [0.717, 1.165) is 40.0 Å². The molecule has 3 aromatic rings. The van der Waals surface area contributed by atoms with E-state index in [-0.39, 0.29) is 39.1 Å². The molecule has 0 saturated heterocycles. The number of benzene rings is 3. The van der Waals surface area contributed by atoms with Crippen molar-refractivity contribution in [2.45, 2.75) is 56.1 Å². The third-order valence-electron chi connectivity index (χ3n) is 6.92. The summed E-state index contributed by atoms with van der Waals surface area (Å²) in [7, 11) is -4.23. The van der Waals surface area contributed by atoms with Crippen LogP contribution in [0.15, 0.2) is 82.2 Å². The molecular formula is C29H30BrCl2N3O4S. The van der Waals surface area contributed by atoms with Gasteiger partial charge in [-0.1, -0.05) is 88.4 Å². The first-order chi connectivity index (χ1) is 19.1. The minimum atomic E-state index is -4.23. The van der Waals surface area contributed by atoms with E-state index in [2.05, 4.69) is 21.2 Å². The van der Waals surface area contributed by atoms with Crippen LogP contribution in [-0.4, -0.2) is 43.8 Å². The summed E-state index contributed by atoms with van der Waals surface area (Å²) in [6.45, 7) is 1.16. The van der Waals surface area contributed by atoms with Gasteiger partial charge in [0.05, 0.1) is 20.6 Å². The van der Waals surface area contributed by atoms with E-state index < -0.39 is 28.5 Å². The van der Waals surface area contributed by atoms with Crippen molar-refractivity contribution in [3.63, 3.8) is 0 Å². The van der Waals surface area contributed by atoms with Crippen LogP contribution in [-0.2, 0) is 26.2 Å². The molecule has 1 atom stereocenters. The topological polar surface area (TPSA) is 86.8 Å². The van der Waals surface area contributed by atoms with E-state index >= 15 is 0 Å². The fraction of sp³-hybridized carbons (Fsp3) is 0.310. The first-order valence-electron chi connectivity index (χ1n) is 12.9. The molecule has 0 spiro atoms. The Bertz CT molecular complexity index is 1470. The normalized spacial score (nSPS) is 14.5. The Morgan fingerprint density at radius 1 is 1.00 bits per heavy atom. The number of carbonyl (C=O) groups excluding carboxylic acids is 2. The average molecular weight is 667 g/mol. The van der Waals surface area contributed by atoms with Crippen molar-refractivity contribution in [3.8, 4) is 0 Å². The van der Waals surface area contributed by atoms with E-state index in [4.69, 9.17) is 23.2 Å². The lowest BCUT2D eigenvalue weighted by atomic mass is 10.1. The Morgan fingerprint density at radius 2 is 1.68 bits per heavy atom. The molecule has 3 aromatic carbocycles. The van der Waals surface area contributed by atoms with Gasteiger partial charge in [0.2, 0.25) is 11.8 Å². The van der Waals surface area contributed by atoms with Crippen LogP contribution in [0.4, 0.5) is 5.69 Å². The number of halogens is 3. The summed E-state index contributed by atoms with van der Waals surface area (Å²) in [5, 5.41) is 3.21. The summed E-state index contributed by atoms with van der Waals surface area (Å²) in [6.07, 6.45) is 3.89. The van der Waals surface area contributed by atoms with Crippen molar-refractivity contribution < 1.29 is 18.0 Å². The minimum Gasteiger partial charge on any atom is -0.352 e. The van der Waals surface area contributed by atoms with Crippen LogP contribution in [0.2, 0.25) is 10.0 Å². The van der Waals surface area contributed by atoms with Crippen LogP contribution in [0, 0.1) is 0 Å². The van der Waals surface area contributed by atoms with Gasteiger partial charge >= 0.3 is 0 Å². The summed E-state index contributed by atoms with van der Waals surface area (Å²) in [6, 6.07) is 19.0. The zero-order chi connectivity index (χ0) is 28.9. The monoisotopic (exact) mass is 665 g/mol. The van der Waals surface area contributed by atoms with E-state index in [0.29, 0.717) is 0 Å². The first kappa shape index (κ1) is 30.4. The maximum absolute atomic E-state index is 14.0. The molecule has 1 aliphatic rings. The van der Waals surface area contributed by atoms with Crippen LogP contribution in [0.25, 0.3) is 0 Å². The highest BCUT2D eigenvalue weighted by Crippen LogP contribution is 2.35. The van der Waals surface area contributed by atoms with Crippen LogP contribution in [0.5, 0.6) is 0 Å². The van der Waals surface area contributed by atoms with Gasteiger partial charge in [0.1, 0.15) is 12.6 Å². The van der Waals surface area contributed by atoms with Gasteiger partial charge in [-0.05, 0) is 61.7 Å². The quantitative estimate of drug-likeness (QED) is 0.270. The number of nitrogens with one attached hydrogen (secondary N) is 1. The van der Waals surface area contributed by atoms with E-state index in [1.54, 1.807) is 31.2 Å². The van der Waals surface area contributed by atoms with Crippen LogP contribution in [0.3, 0.4) is 0 Å². The smallest absolute Gasteiger partial charge is 0.264 e. The van der Waals surface area contributed by atoms with Crippen molar-refractivity contribution in [1.82, 2.24) is 10.2 Å². The summed E-state index contributed by atoms with van der Waals surface area (Å²) in [5.41, 5.74) is 0.846. The van der Waals surface area contributed by atoms with Crippen LogP contribution >= 0.6 is 39.1 Å². The van der Waals surface area contributed by atoms with Crippen molar-refractivity contribution in [1.29, 1.82) is 0 Å². The second-order valence-corrected chi connectivity index (χ2v) is 13.3. The molecule has 4 rings (SSSR count). The molecule has 40 heavy (non-hydrogen) atoms. The molecule has 11 heteroatoms. The first-order valence-corrected chi connectivity index (χ1v) is 15.9. The Labute approximate surface area is 253 Å². The Hall–Kier alpha value is -2.59. The number of carbonyl (C=O) groups is 2. The lowest BCUT2D eigenvalue weighted by molar-refractivity contribution is -0.139. The Kier molecular flexibility index (Phi) is 10.2. The lowest BCUT2D eigenvalue weighted by Crippen LogP contribution is -2.52. The number of hydrogen-bond acceptors (Lipinski definition) is 4. The molecule has 7 nitrogen and oxygen atoms in total. The fourth-order valence-electron chi connectivity index (χ4n) is 4.72. The number of sulfonamides is 1. The Balaban J connectivity index is 1.71. The third-order valence-corrected chi connectivity index (χ3v) is 10.00. The van der Waals surface area contributed by atoms with Crippen LogP contribution in [0.1, 0.15) is 38.2 Å². The molecule has 1 saturated carbocycles. The van der Waals surface area contributed by atoms with Crippen LogP contribution < -0.4 is 9.62 Å². The zero-order valence-corrected chi connectivity index (χ0v) is 25.8. The predicted octanol–water partition coefficient (Wildman–Crippen LogP) is 6.43. The molecule has 1 N–H and O–H groups in total. The molecule has 0 heterocycles. The van der Waals surface area contributed by atoms with E-state index in [9.17, 15) is 18.0 Å². The number of nitrogens with zero attached hydrogens (tertiary/aromatic N) is 2. The molecule has 212 valence electrons. The number of hydrogen-bond donors (Lipinski definition) is 1. The standard InChI is InChI=1S/C29H30BrCl2N3O4S/c1-20(29(37)33-23-11-5-6-12-23)34(18-21-9-7-10-22(30)17-21)27(36)19-35(26-16-8-15-25(31)28(26)32)40(38,39)24-13-3-2-4-14-24/h2-4,7-10,13-17,20,23H,5-6,11-12,18-19H2,1H3,(H,33,37)/t20-/m0/s1. The van der Waals surface area contributed by atoms with Crippen molar-refractivity contribution in [3.05, 3.63) is 92.9 Å². The minimum absolute atomic E-state index is 0.00189. The summed E-state index contributed by atoms with van der Waals surface area (Å²) in [5.74, 6) is -0.849. The van der Waals surface area contributed by atoms with Gasteiger partial charge in [0.15, 0.2) is 0 Å². The highest BCUT2D eigenvalue weighted by molar-refractivity contribution is 9.10. The molecule has 2 amide bonds. The largest absolute Gasteiger partial charge is 0.352 e. The molecule has 0 aromatic heterocycles. The van der Waals surface area contributed by atoms with Crippen molar-refractivity contribution in [2.75, 3.05) is 10.8 Å². The number of anilines is 1. The average Bonchev–Trinajstić information content (AvgIpc) is 3.45. The molecule has 0 bridgehead atoms. The number of amides is 2. The van der Waals surface area contributed by atoms with Gasteiger partial charge in [0.25, 0.3) is 10.0 Å². The molecule has 0 radical (unpaired) electrons. The second kappa shape index (κ2) is 13.4. The highest BCUT2D eigenvalue weighted by Gasteiger charge is 2.34. The maximum atomic E-state index is 14.0. The van der Waals surface area contributed by atoms with Gasteiger partial charge in [-0.15, -0.1) is 0 Å². The summed E-state index contributed by atoms with van der Waals surface area (Å²) < 4.78 is 29.5. The van der Waals surface area contributed by atoms with Gasteiger partial charge in [-0.25, -0.2) is 8.42 Å². The SMILES string of the molecule is C[C@@H](C(=O)NC1CCCC1)N(Cc1cccc(Br)c1)C(=O)CN(c1cccc(Cl)c1Cl)S(=O)(=O)c1ccccc1. The fourth-order valence-corrected chi connectivity index (χ4v) is 7.07. The van der Waals surface area contributed by atoms with Gasteiger partial charge in [-0.2, -0.15) is 0 Å². The van der Waals surface area contributed by atoms with Gasteiger partial charge in [-0.3, -0.25) is 13.9 Å². The van der Waals surface area contributed by atoms with E-state index in [1.165, 1.54) is 29.2 Å². The van der Waals surface area contributed by atoms with Gasteiger partial charge < -0.3 is 10.2 Å². The molecular weight excluding hydrogens is 637 g/mol. The lowest BCUT2D eigenvalue weighted by Gasteiger charge is -2.32. The van der Waals surface area contributed by atoms with E-state index in [1.807, 2.05) is 24.3 Å². The third kappa shape index (κ3) is 7.18. The molecule has 1 aliphatic carbocycles. The summed E-state index contributed by atoms with van der Waals surface area (Å²) in [4.78, 5) is 28.7. The summed E-state index contributed by atoms with van der Waals surface area (Å²) >= 11 is 16.2. The van der Waals surface area contributed by atoms with Gasteiger partial charge in [0, 0.05) is 17.1 Å². The van der Waals surface area contributed by atoms with Crippen molar-refractivity contribution >= 4 is 66.7 Å².